The van der Waals surface area contributed by atoms with Gasteiger partial charge in [0, 0.05) is 24.3 Å². The molecule has 0 unspecified atom stereocenters. The first-order chi connectivity index (χ1) is 15.4. The van der Waals surface area contributed by atoms with Crippen LogP contribution in [0.15, 0.2) is 59.9 Å². The van der Waals surface area contributed by atoms with Gasteiger partial charge in [-0.1, -0.05) is 6.07 Å². The molecule has 1 aliphatic carbocycles. The molecule has 8 nitrogen and oxygen atoms in total. The highest BCUT2D eigenvalue weighted by Crippen LogP contribution is 2.25. The lowest BCUT2D eigenvalue weighted by Gasteiger charge is -2.15. The number of nitrogens with one attached hydrogen (secondary N) is 2. The molecule has 1 aliphatic rings. The number of ether oxygens (including phenoxy) is 1. The van der Waals surface area contributed by atoms with Gasteiger partial charge in [-0.05, 0) is 37.5 Å². The number of nitrogens with zero attached hydrogens (tertiary/aromatic N) is 4. The van der Waals surface area contributed by atoms with Crippen LogP contribution in [0.5, 0.6) is 5.75 Å². The fourth-order valence-electron chi connectivity index (χ4n) is 3.52. The van der Waals surface area contributed by atoms with Crippen LogP contribution in [-0.4, -0.2) is 44.4 Å². The van der Waals surface area contributed by atoms with E-state index in [0.717, 1.165) is 19.3 Å². The summed E-state index contributed by atoms with van der Waals surface area (Å²) < 4.78 is 42.7. The van der Waals surface area contributed by atoms with Crippen molar-refractivity contribution < 1.29 is 17.9 Å². The fraction of sp³-hybridized carbons (Fsp3) is 0.333. The Morgan fingerprint density at radius 1 is 1.00 bits per heavy atom. The lowest BCUT2D eigenvalue weighted by atomic mass is 10.2. The highest BCUT2D eigenvalue weighted by Gasteiger charge is 2.29. The van der Waals surface area contributed by atoms with Crippen LogP contribution >= 0.6 is 0 Å². The molecule has 0 spiro atoms. The second kappa shape index (κ2) is 9.25. The molecule has 0 radical (unpaired) electrons. The molecule has 0 aliphatic heterocycles. The Morgan fingerprint density at radius 3 is 2.41 bits per heavy atom. The van der Waals surface area contributed by atoms with E-state index >= 15 is 0 Å². The summed E-state index contributed by atoms with van der Waals surface area (Å²) in [7, 11) is 0. The number of halogens is 3. The molecule has 3 aromatic rings. The first-order valence-electron chi connectivity index (χ1n) is 10.0. The molecule has 0 amide bonds. The Kier molecular flexibility index (Phi) is 6.24. The Hall–Kier alpha value is -3.63. The molecule has 4 rings (SSSR count). The molecule has 2 atom stereocenters. The second-order valence-electron chi connectivity index (χ2n) is 7.45. The van der Waals surface area contributed by atoms with Crippen LogP contribution < -0.4 is 20.9 Å². The number of rotatable bonds is 7. The summed E-state index contributed by atoms with van der Waals surface area (Å²) in [4.78, 5) is 24.4. The molecule has 168 valence electrons. The minimum atomic E-state index is -4.41. The van der Waals surface area contributed by atoms with E-state index in [9.17, 15) is 18.0 Å². The third-order valence-electron chi connectivity index (χ3n) is 5.00. The number of hydrogen-bond acceptors (Lipinski definition) is 7. The van der Waals surface area contributed by atoms with Crippen molar-refractivity contribution in [2.75, 3.05) is 17.2 Å². The summed E-state index contributed by atoms with van der Waals surface area (Å²) >= 11 is 0. The topological polar surface area (TPSA) is 94.0 Å². The number of aromatic nitrogens is 4. The van der Waals surface area contributed by atoms with Crippen molar-refractivity contribution in [2.24, 2.45) is 0 Å². The minimum Gasteiger partial charge on any atom is -0.481 e. The van der Waals surface area contributed by atoms with Crippen molar-refractivity contribution in [3.05, 3.63) is 65.5 Å². The predicted molar refractivity (Wildman–Crippen MR) is 112 cm³/mol. The molecule has 3 heterocycles. The van der Waals surface area contributed by atoms with Gasteiger partial charge >= 0.3 is 6.18 Å². The molecule has 3 aromatic heterocycles. The smallest absolute Gasteiger partial charge is 0.422 e. The van der Waals surface area contributed by atoms with Crippen LogP contribution in [0.25, 0.3) is 5.69 Å². The maximum atomic E-state index is 12.2. The van der Waals surface area contributed by atoms with E-state index in [0.29, 0.717) is 17.5 Å². The van der Waals surface area contributed by atoms with E-state index in [-0.39, 0.29) is 23.4 Å². The number of pyridine rings is 2. The van der Waals surface area contributed by atoms with E-state index in [1.54, 1.807) is 24.5 Å². The Bertz CT molecular complexity index is 1090. The number of anilines is 2. The van der Waals surface area contributed by atoms with Gasteiger partial charge < -0.3 is 15.4 Å². The van der Waals surface area contributed by atoms with E-state index in [2.05, 4.69) is 30.3 Å². The van der Waals surface area contributed by atoms with Gasteiger partial charge in [0.2, 0.25) is 5.95 Å². The SMILES string of the molecule is O=c1ccccn1-c1ccc(N[C@H]2CC[C@H](Nc3ncc(OCC(F)(F)F)cn3)C2)nc1. The Balaban J connectivity index is 1.28. The second-order valence-corrected chi connectivity index (χ2v) is 7.45. The summed E-state index contributed by atoms with van der Waals surface area (Å²) in [5.41, 5.74) is 0.564. The Labute approximate surface area is 181 Å². The zero-order chi connectivity index (χ0) is 22.6. The van der Waals surface area contributed by atoms with Gasteiger partial charge in [-0.2, -0.15) is 13.2 Å². The van der Waals surface area contributed by atoms with E-state index in [4.69, 9.17) is 0 Å². The van der Waals surface area contributed by atoms with Crippen molar-refractivity contribution in [1.29, 1.82) is 0 Å². The fourth-order valence-corrected chi connectivity index (χ4v) is 3.52. The maximum Gasteiger partial charge on any atom is 0.422 e. The molecule has 32 heavy (non-hydrogen) atoms. The van der Waals surface area contributed by atoms with E-state index in [1.165, 1.54) is 23.0 Å². The first-order valence-corrected chi connectivity index (χ1v) is 10.0. The zero-order valence-electron chi connectivity index (χ0n) is 16.9. The lowest BCUT2D eigenvalue weighted by Crippen LogP contribution is -2.22. The molecule has 11 heteroatoms. The molecule has 0 aromatic carbocycles. The lowest BCUT2D eigenvalue weighted by molar-refractivity contribution is -0.153. The standard InChI is InChI=1S/C21H21F3N6O2/c22-21(23,24)13-32-17-11-26-20(27-12-17)29-15-5-4-14(9-15)28-18-7-6-16(10-25-18)30-8-2-1-3-19(30)31/h1-3,6-8,10-12,14-15H,4-5,9,13H2,(H,25,28)(H,26,27,29)/t14-,15-/m0/s1. The van der Waals surface area contributed by atoms with Crippen LogP contribution in [0.2, 0.25) is 0 Å². The average Bonchev–Trinajstić information content (AvgIpc) is 3.20. The van der Waals surface area contributed by atoms with Gasteiger partial charge in [0.1, 0.15) is 5.82 Å². The van der Waals surface area contributed by atoms with Crippen molar-refractivity contribution in [1.82, 2.24) is 19.5 Å². The third-order valence-corrected chi connectivity index (χ3v) is 5.00. The van der Waals surface area contributed by atoms with Gasteiger partial charge in [-0.25, -0.2) is 15.0 Å². The predicted octanol–water partition coefficient (Wildman–Crippen LogP) is 3.41. The van der Waals surface area contributed by atoms with Crippen molar-refractivity contribution in [3.63, 3.8) is 0 Å². The van der Waals surface area contributed by atoms with Gasteiger partial charge in [0.05, 0.1) is 24.3 Å². The zero-order valence-corrected chi connectivity index (χ0v) is 16.9. The normalized spacial score (nSPS) is 18.3. The first kappa shape index (κ1) is 21.6. The Morgan fingerprint density at radius 2 is 1.75 bits per heavy atom. The van der Waals surface area contributed by atoms with Crippen LogP contribution in [0.1, 0.15) is 19.3 Å². The van der Waals surface area contributed by atoms with Crippen LogP contribution in [0, 0.1) is 0 Å². The van der Waals surface area contributed by atoms with E-state index in [1.807, 2.05) is 12.1 Å². The highest BCUT2D eigenvalue weighted by atomic mass is 19.4. The highest BCUT2D eigenvalue weighted by molar-refractivity contribution is 5.42. The number of alkyl halides is 3. The monoisotopic (exact) mass is 446 g/mol. The van der Waals surface area contributed by atoms with Gasteiger partial charge in [0.15, 0.2) is 12.4 Å². The molecule has 1 fully saturated rings. The van der Waals surface area contributed by atoms with Gasteiger partial charge in [-0.15, -0.1) is 0 Å². The summed E-state index contributed by atoms with van der Waals surface area (Å²) in [5, 5.41) is 6.58. The number of hydrogen-bond donors (Lipinski definition) is 2. The molecular weight excluding hydrogens is 425 g/mol. The summed E-state index contributed by atoms with van der Waals surface area (Å²) in [6, 6.07) is 8.94. The van der Waals surface area contributed by atoms with E-state index < -0.39 is 12.8 Å². The molecule has 2 N–H and O–H groups in total. The third kappa shape index (κ3) is 5.74. The van der Waals surface area contributed by atoms with Gasteiger partial charge in [0.25, 0.3) is 5.56 Å². The van der Waals surface area contributed by atoms with Crippen LogP contribution in [-0.2, 0) is 0 Å². The largest absolute Gasteiger partial charge is 0.481 e. The van der Waals surface area contributed by atoms with Crippen molar-refractivity contribution in [3.8, 4) is 11.4 Å². The maximum absolute atomic E-state index is 12.2. The van der Waals surface area contributed by atoms with Gasteiger partial charge in [-0.3, -0.25) is 9.36 Å². The quantitative estimate of drug-likeness (QED) is 0.575. The molecule has 0 bridgehead atoms. The average molecular weight is 446 g/mol. The molecule has 1 saturated carbocycles. The summed E-state index contributed by atoms with van der Waals surface area (Å²) in [5.74, 6) is 1.02. The summed E-state index contributed by atoms with van der Waals surface area (Å²) in [6.45, 7) is -1.38. The molecule has 0 saturated heterocycles. The molecular formula is C21H21F3N6O2. The van der Waals surface area contributed by atoms with Crippen molar-refractivity contribution in [2.45, 2.75) is 37.5 Å². The summed E-state index contributed by atoms with van der Waals surface area (Å²) in [6.07, 6.45) is 3.96. The van der Waals surface area contributed by atoms with Crippen LogP contribution in [0.4, 0.5) is 24.9 Å². The minimum absolute atomic E-state index is 0.0360. The van der Waals surface area contributed by atoms with Crippen LogP contribution in [0.3, 0.4) is 0 Å². The van der Waals surface area contributed by atoms with Crippen molar-refractivity contribution >= 4 is 11.8 Å².